The summed E-state index contributed by atoms with van der Waals surface area (Å²) in [7, 11) is 1.54. The van der Waals surface area contributed by atoms with Crippen molar-refractivity contribution in [3.8, 4) is 5.75 Å². The summed E-state index contributed by atoms with van der Waals surface area (Å²) in [6, 6.07) is 7.86. The van der Waals surface area contributed by atoms with Crippen LogP contribution >= 0.6 is 23.4 Å². The molecule has 0 radical (unpaired) electrons. The quantitative estimate of drug-likeness (QED) is 0.781. The lowest BCUT2D eigenvalue weighted by Gasteiger charge is -2.10. The van der Waals surface area contributed by atoms with E-state index in [0.717, 1.165) is 11.0 Å². The Labute approximate surface area is 145 Å². The number of nitrogens with one attached hydrogen (secondary N) is 1. The van der Waals surface area contributed by atoms with E-state index < -0.39 is 17.6 Å². The number of methoxy groups -OCH3 is 1. The maximum absolute atomic E-state index is 12.5. The minimum atomic E-state index is -4.54. The van der Waals surface area contributed by atoms with Gasteiger partial charge in [-0.1, -0.05) is 17.7 Å². The zero-order chi connectivity index (χ0) is 17.7. The van der Waals surface area contributed by atoms with E-state index in [1.165, 1.54) is 18.9 Å². The van der Waals surface area contributed by atoms with Crippen molar-refractivity contribution in [2.24, 2.45) is 0 Å². The van der Waals surface area contributed by atoms with Crippen LogP contribution in [0, 0.1) is 0 Å². The van der Waals surface area contributed by atoms with Gasteiger partial charge in [0.15, 0.2) is 5.82 Å². The Morgan fingerprint density at radius 2 is 2.12 bits per heavy atom. The highest BCUT2D eigenvalue weighted by molar-refractivity contribution is 8.00. The number of rotatable bonds is 5. The number of hydrogen-bond donors (Lipinski definition) is 1. The molecule has 4 nitrogen and oxygen atoms in total. The summed E-state index contributed by atoms with van der Waals surface area (Å²) in [6.45, 7) is 0. The molecule has 2 aromatic rings. The highest BCUT2D eigenvalue weighted by Gasteiger charge is 2.31. The second kappa shape index (κ2) is 7.76. The van der Waals surface area contributed by atoms with Gasteiger partial charge in [-0.2, -0.15) is 13.2 Å². The standard InChI is InChI=1S/C15H12ClF3N2O2S/c1-23-10-3-2-4-11(6-10)24-8-13(22)21-14-12(16)5-9(7-20-14)15(17,18)19/h2-7H,8H2,1H3,(H,20,21,22). The molecule has 0 aliphatic carbocycles. The molecule has 9 heteroatoms. The van der Waals surface area contributed by atoms with E-state index in [1.54, 1.807) is 18.2 Å². The largest absolute Gasteiger partial charge is 0.497 e. The summed E-state index contributed by atoms with van der Waals surface area (Å²) >= 11 is 6.98. The van der Waals surface area contributed by atoms with Crippen LogP contribution in [0.2, 0.25) is 5.02 Å². The van der Waals surface area contributed by atoms with Crippen molar-refractivity contribution in [1.29, 1.82) is 0 Å². The summed E-state index contributed by atoms with van der Waals surface area (Å²) in [6.07, 6.45) is -3.92. The first-order chi connectivity index (χ1) is 11.3. The van der Waals surface area contributed by atoms with Crippen molar-refractivity contribution in [2.45, 2.75) is 11.1 Å². The highest BCUT2D eigenvalue weighted by atomic mass is 35.5. The molecule has 0 aliphatic rings. The molecule has 0 unspecified atom stereocenters. The Hall–Kier alpha value is -1.93. The van der Waals surface area contributed by atoms with Crippen molar-refractivity contribution >= 4 is 35.1 Å². The van der Waals surface area contributed by atoms with Gasteiger partial charge in [0.05, 0.1) is 23.4 Å². The Kier molecular flexibility index (Phi) is 5.95. The first kappa shape index (κ1) is 18.4. The van der Waals surface area contributed by atoms with Crippen LogP contribution in [0.5, 0.6) is 5.75 Å². The molecular formula is C15H12ClF3N2O2S. The number of aromatic nitrogens is 1. The summed E-state index contributed by atoms with van der Waals surface area (Å²) in [5.41, 5.74) is -0.976. The van der Waals surface area contributed by atoms with E-state index in [9.17, 15) is 18.0 Å². The molecule has 1 amide bonds. The monoisotopic (exact) mass is 376 g/mol. The minimum Gasteiger partial charge on any atom is -0.497 e. The lowest BCUT2D eigenvalue weighted by atomic mass is 10.3. The fourth-order valence-electron chi connectivity index (χ4n) is 1.69. The number of benzene rings is 1. The van der Waals surface area contributed by atoms with Crippen LogP contribution in [-0.4, -0.2) is 23.8 Å². The van der Waals surface area contributed by atoms with E-state index in [-0.39, 0.29) is 16.6 Å². The van der Waals surface area contributed by atoms with Gasteiger partial charge in [-0.3, -0.25) is 4.79 Å². The zero-order valence-electron chi connectivity index (χ0n) is 12.4. The number of alkyl halides is 3. The average Bonchev–Trinajstić information content (AvgIpc) is 2.54. The second-order valence-electron chi connectivity index (χ2n) is 4.57. The fourth-order valence-corrected chi connectivity index (χ4v) is 2.65. The number of pyridine rings is 1. The van der Waals surface area contributed by atoms with Gasteiger partial charge in [-0.25, -0.2) is 4.98 Å². The molecule has 1 heterocycles. The number of carbonyl (C=O) groups excluding carboxylic acids is 1. The number of thioether (sulfide) groups is 1. The first-order valence-corrected chi connectivity index (χ1v) is 7.95. The van der Waals surface area contributed by atoms with E-state index in [4.69, 9.17) is 16.3 Å². The zero-order valence-corrected chi connectivity index (χ0v) is 13.9. The molecule has 0 aliphatic heterocycles. The molecule has 0 saturated carbocycles. The van der Waals surface area contributed by atoms with Crippen LogP contribution < -0.4 is 10.1 Å². The van der Waals surface area contributed by atoms with Crippen molar-refractivity contribution in [3.05, 3.63) is 47.1 Å². The topological polar surface area (TPSA) is 51.2 Å². The molecular weight excluding hydrogens is 365 g/mol. The Morgan fingerprint density at radius 1 is 1.38 bits per heavy atom. The third kappa shape index (κ3) is 5.04. The van der Waals surface area contributed by atoms with Gasteiger partial charge in [0, 0.05) is 11.1 Å². The summed E-state index contributed by atoms with van der Waals surface area (Å²) in [5.74, 6) is 0.164. The maximum Gasteiger partial charge on any atom is 0.417 e. The first-order valence-electron chi connectivity index (χ1n) is 6.59. The number of halogens is 4. The molecule has 1 aromatic heterocycles. The predicted molar refractivity (Wildman–Crippen MR) is 86.6 cm³/mol. The van der Waals surface area contributed by atoms with E-state index >= 15 is 0 Å². The Bertz CT molecular complexity index is 741. The summed E-state index contributed by atoms with van der Waals surface area (Å²) in [4.78, 5) is 16.3. The van der Waals surface area contributed by atoms with E-state index in [2.05, 4.69) is 10.3 Å². The number of carbonyl (C=O) groups is 1. The lowest BCUT2D eigenvalue weighted by Crippen LogP contribution is -2.16. The molecule has 2 rings (SSSR count). The normalized spacial score (nSPS) is 11.2. The Morgan fingerprint density at radius 3 is 2.75 bits per heavy atom. The molecule has 128 valence electrons. The number of amides is 1. The predicted octanol–water partition coefficient (Wildman–Crippen LogP) is 4.49. The number of anilines is 1. The van der Waals surface area contributed by atoms with Gasteiger partial charge in [0.25, 0.3) is 0 Å². The maximum atomic E-state index is 12.5. The average molecular weight is 377 g/mol. The third-order valence-corrected chi connectivity index (χ3v) is 4.12. The smallest absolute Gasteiger partial charge is 0.417 e. The van der Waals surface area contributed by atoms with Gasteiger partial charge in [0.2, 0.25) is 5.91 Å². The molecule has 0 fully saturated rings. The van der Waals surface area contributed by atoms with Gasteiger partial charge in [-0.15, -0.1) is 11.8 Å². The molecule has 1 N–H and O–H groups in total. The lowest BCUT2D eigenvalue weighted by molar-refractivity contribution is -0.137. The number of hydrogen-bond acceptors (Lipinski definition) is 4. The second-order valence-corrected chi connectivity index (χ2v) is 6.02. The third-order valence-electron chi connectivity index (χ3n) is 2.84. The van der Waals surface area contributed by atoms with Crippen LogP contribution in [0.3, 0.4) is 0 Å². The molecule has 0 bridgehead atoms. The van der Waals surface area contributed by atoms with E-state index in [0.29, 0.717) is 11.9 Å². The van der Waals surface area contributed by atoms with Crippen LogP contribution in [0.15, 0.2) is 41.4 Å². The Balaban J connectivity index is 1.97. The highest BCUT2D eigenvalue weighted by Crippen LogP contribution is 2.32. The van der Waals surface area contributed by atoms with Crippen LogP contribution in [0.4, 0.5) is 19.0 Å². The van der Waals surface area contributed by atoms with Gasteiger partial charge in [-0.05, 0) is 24.3 Å². The molecule has 1 aromatic carbocycles. The van der Waals surface area contributed by atoms with Gasteiger partial charge in [0.1, 0.15) is 5.75 Å². The van der Waals surface area contributed by atoms with Gasteiger partial charge >= 0.3 is 6.18 Å². The number of ether oxygens (including phenoxy) is 1. The molecule has 0 atom stereocenters. The summed E-state index contributed by atoms with van der Waals surface area (Å²) in [5, 5.41) is 2.11. The molecule has 0 saturated heterocycles. The van der Waals surface area contributed by atoms with Crippen molar-refractivity contribution in [1.82, 2.24) is 4.98 Å². The molecule has 0 spiro atoms. The van der Waals surface area contributed by atoms with E-state index in [1.807, 2.05) is 6.07 Å². The van der Waals surface area contributed by atoms with Crippen LogP contribution in [-0.2, 0) is 11.0 Å². The SMILES string of the molecule is COc1cccc(SCC(=O)Nc2ncc(C(F)(F)F)cc2Cl)c1. The fraction of sp³-hybridized carbons (Fsp3) is 0.200. The van der Waals surface area contributed by atoms with Crippen molar-refractivity contribution < 1.29 is 22.7 Å². The van der Waals surface area contributed by atoms with Crippen molar-refractivity contribution in [3.63, 3.8) is 0 Å². The number of nitrogens with zero attached hydrogens (tertiary/aromatic N) is 1. The van der Waals surface area contributed by atoms with Crippen LogP contribution in [0.1, 0.15) is 5.56 Å². The van der Waals surface area contributed by atoms with Crippen LogP contribution in [0.25, 0.3) is 0 Å². The van der Waals surface area contributed by atoms with Gasteiger partial charge < -0.3 is 10.1 Å². The minimum absolute atomic E-state index is 0.0478. The molecule has 24 heavy (non-hydrogen) atoms. The van der Waals surface area contributed by atoms with Crippen molar-refractivity contribution in [2.75, 3.05) is 18.2 Å². The summed E-state index contributed by atoms with van der Waals surface area (Å²) < 4.78 is 42.7.